The zero-order valence-electron chi connectivity index (χ0n) is 18.9. The van der Waals surface area contributed by atoms with Crippen molar-refractivity contribution in [1.82, 2.24) is 20.3 Å². The number of anilines is 2. The van der Waals surface area contributed by atoms with Crippen LogP contribution in [0.4, 0.5) is 16.0 Å². The minimum atomic E-state index is -1.01. The van der Waals surface area contributed by atoms with E-state index in [4.69, 9.17) is 9.97 Å². The Hall–Kier alpha value is -3.20. The fourth-order valence-electron chi connectivity index (χ4n) is 4.23. The lowest BCUT2D eigenvalue weighted by molar-refractivity contribution is 0.00582. The van der Waals surface area contributed by atoms with Crippen LogP contribution in [0.15, 0.2) is 66.9 Å². The quantitative estimate of drug-likeness (QED) is 0.403. The maximum atomic E-state index is 14.1. The highest BCUT2D eigenvalue weighted by atomic mass is 32.1. The van der Waals surface area contributed by atoms with Crippen molar-refractivity contribution in [3.05, 3.63) is 77.7 Å². The van der Waals surface area contributed by atoms with E-state index >= 15 is 0 Å². The van der Waals surface area contributed by atoms with E-state index in [0.29, 0.717) is 47.3 Å². The van der Waals surface area contributed by atoms with Crippen LogP contribution in [0.25, 0.3) is 21.8 Å². The second-order valence-electron chi connectivity index (χ2n) is 8.31. The molecule has 2 N–H and O–H groups in total. The van der Waals surface area contributed by atoms with Gasteiger partial charge in [0.05, 0.1) is 16.3 Å². The van der Waals surface area contributed by atoms with E-state index in [2.05, 4.69) is 17.2 Å². The number of piperidine rings is 1. The van der Waals surface area contributed by atoms with Gasteiger partial charge in [0.25, 0.3) is 0 Å². The van der Waals surface area contributed by atoms with Gasteiger partial charge < -0.3 is 15.3 Å². The molecule has 8 heteroatoms. The molecule has 0 saturated carbocycles. The molecule has 0 atom stereocenters. The van der Waals surface area contributed by atoms with Gasteiger partial charge in [0, 0.05) is 24.0 Å². The first-order valence-corrected chi connectivity index (χ1v) is 12.3. The molecule has 2 aromatic heterocycles. The molecule has 4 aromatic rings. The number of aromatic nitrogens is 3. The van der Waals surface area contributed by atoms with Crippen molar-refractivity contribution in [2.45, 2.75) is 25.4 Å². The number of aliphatic hydroxyl groups is 1. The van der Waals surface area contributed by atoms with Gasteiger partial charge in [-0.3, -0.25) is 0 Å². The van der Waals surface area contributed by atoms with E-state index in [1.165, 1.54) is 23.5 Å². The Labute approximate surface area is 202 Å². The van der Waals surface area contributed by atoms with Crippen LogP contribution < -0.4 is 10.2 Å². The normalized spacial score (nSPS) is 15.3. The SMILES string of the molecule is CCN(c1ccccc1)c1nccc(-c2sc(C3(O)CCNCC3)nc2-c2cccc(F)c2)n1. The lowest BCUT2D eigenvalue weighted by Crippen LogP contribution is -2.39. The number of hydrogen-bond acceptors (Lipinski definition) is 7. The molecule has 0 unspecified atom stereocenters. The predicted octanol–water partition coefficient (Wildman–Crippen LogP) is 5.14. The maximum absolute atomic E-state index is 14.1. The van der Waals surface area contributed by atoms with Gasteiger partial charge in [0.1, 0.15) is 16.4 Å². The minimum Gasteiger partial charge on any atom is -0.383 e. The van der Waals surface area contributed by atoms with Crippen LogP contribution in [0.3, 0.4) is 0 Å². The zero-order chi connectivity index (χ0) is 23.5. The van der Waals surface area contributed by atoms with Crippen LogP contribution in [0, 0.1) is 5.82 Å². The van der Waals surface area contributed by atoms with Gasteiger partial charge >= 0.3 is 0 Å². The number of hydrogen-bond donors (Lipinski definition) is 2. The van der Waals surface area contributed by atoms with Gasteiger partial charge in [-0.2, -0.15) is 0 Å². The van der Waals surface area contributed by atoms with E-state index in [1.807, 2.05) is 47.4 Å². The predicted molar refractivity (Wildman–Crippen MR) is 134 cm³/mol. The highest BCUT2D eigenvalue weighted by Crippen LogP contribution is 2.42. The van der Waals surface area contributed by atoms with Crippen LogP contribution in [0.5, 0.6) is 0 Å². The number of nitrogens with one attached hydrogen (secondary N) is 1. The van der Waals surface area contributed by atoms with Gasteiger partial charge in [0.15, 0.2) is 0 Å². The van der Waals surface area contributed by atoms with Crippen LogP contribution in [0.1, 0.15) is 24.8 Å². The number of thiazole rings is 1. The second-order valence-corrected chi connectivity index (χ2v) is 9.31. The van der Waals surface area contributed by atoms with Crippen molar-refractivity contribution >= 4 is 23.0 Å². The average molecular weight is 476 g/mol. The molecule has 0 amide bonds. The molecule has 6 nitrogen and oxygen atoms in total. The first kappa shape index (κ1) is 22.6. The topological polar surface area (TPSA) is 74.2 Å². The summed E-state index contributed by atoms with van der Waals surface area (Å²) in [5.41, 5.74) is 1.97. The standard InChI is InChI=1S/C26H26FN5OS/c1-2-32(20-9-4-3-5-10-20)25-29-14-11-21(30-25)23-22(18-7-6-8-19(27)17-18)31-24(34-23)26(33)12-15-28-16-13-26/h3-11,14,17,28,33H,2,12-13,15-16H2,1H3. The number of halogens is 1. The highest BCUT2D eigenvalue weighted by Gasteiger charge is 2.36. The molecule has 1 fully saturated rings. The molecule has 2 aromatic carbocycles. The Bertz CT molecular complexity index is 1270. The van der Waals surface area contributed by atoms with Crippen LogP contribution in [-0.2, 0) is 5.60 Å². The van der Waals surface area contributed by atoms with Gasteiger partial charge in [-0.25, -0.2) is 19.3 Å². The van der Waals surface area contributed by atoms with Crippen molar-refractivity contribution < 1.29 is 9.50 Å². The minimum absolute atomic E-state index is 0.330. The summed E-state index contributed by atoms with van der Waals surface area (Å²) in [6, 6.07) is 18.2. The molecule has 5 rings (SSSR count). The summed E-state index contributed by atoms with van der Waals surface area (Å²) >= 11 is 1.42. The van der Waals surface area contributed by atoms with Crippen molar-refractivity contribution in [2.24, 2.45) is 0 Å². The van der Waals surface area contributed by atoms with E-state index in [-0.39, 0.29) is 5.82 Å². The summed E-state index contributed by atoms with van der Waals surface area (Å²) in [4.78, 5) is 17.1. The molecule has 0 aliphatic carbocycles. The molecule has 3 heterocycles. The molecular weight excluding hydrogens is 449 g/mol. The second kappa shape index (κ2) is 9.58. The van der Waals surface area contributed by atoms with E-state index in [1.54, 1.807) is 12.3 Å². The average Bonchev–Trinajstić information content (AvgIpc) is 3.33. The summed E-state index contributed by atoms with van der Waals surface area (Å²) in [6.45, 7) is 4.20. The number of benzene rings is 2. The summed E-state index contributed by atoms with van der Waals surface area (Å²) in [6.07, 6.45) is 2.89. The summed E-state index contributed by atoms with van der Waals surface area (Å²) < 4.78 is 14.1. The molecule has 174 valence electrons. The zero-order valence-corrected chi connectivity index (χ0v) is 19.7. The summed E-state index contributed by atoms with van der Waals surface area (Å²) in [5.74, 6) is 0.245. The van der Waals surface area contributed by atoms with Crippen LogP contribution in [-0.4, -0.2) is 39.7 Å². The molecule has 0 spiro atoms. The third-order valence-electron chi connectivity index (χ3n) is 6.06. The largest absolute Gasteiger partial charge is 0.383 e. The molecule has 1 aliphatic heterocycles. The smallest absolute Gasteiger partial charge is 0.230 e. The maximum Gasteiger partial charge on any atom is 0.230 e. The summed E-state index contributed by atoms with van der Waals surface area (Å²) in [7, 11) is 0. The van der Waals surface area contributed by atoms with Crippen LogP contribution in [0.2, 0.25) is 0 Å². The first-order chi connectivity index (χ1) is 16.6. The Balaban J connectivity index is 1.62. The molecule has 1 saturated heterocycles. The Kier molecular flexibility index (Phi) is 6.36. The highest BCUT2D eigenvalue weighted by molar-refractivity contribution is 7.15. The van der Waals surface area contributed by atoms with Crippen LogP contribution >= 0.6 is 11.3 Å². The first-order valence-electron chi connectivity index (χ1n) is 11.4. The summed E-state index contributed by atoms with van der Waals surface area (Å²) in [5, 5.41) is 15.3. The van der Waals surface area contributed by atoms with E-state index < -0.39 is 5.60 Å². The molecule has 0 bridgehead atoms. The Morgan fingerprint density at radius 1 is 1.06 bits per heavy atom. The number of nitrogens with zero attached hydrogens (tertiary/aromatic N) is 4. The third kappa shape index (κ3) is 4.44. The van der Waals surface area contributed by atoms with E-state index in [0.717, 1.165) is 23.7 Å². The van der Waals surface area contributed by atoms with Gasteiger partial charge in [0.2, 0.25) is 5.95 Å². The third-order valence-corrected chi connectivity index (χ3v) is 7.33. The fourth-order valence-corrected chi connectivity index (χ4v) is 5.43. The molecule has 0 radical (unpaired) electrons. The Morgan fingerprint density at radius 3 is 2.59 bits per heavy atom. The fraction of sp³-hybridized carbons (Fsp3) is 0.269. The van der Waals surface area contributed by atoms with Gasteiger partial charge in [-0.1, -0.05) is 30.3 Å². The lowest BCUT2D eigenvalue weighted by atomic mass is 9.93. The lowest BCUT2D eigenvalue weighted by Gasteiger charge is -2.30. The number of para-hydroxylation sites is 1. The van der Waals surface area contributed by atoms with Gasteiger partial charge in [-0.15, -0.1) is 11.3 Å². The van der Waals surface area contributed by atoms with Crippen molar-refractivity contribution in [2.75, 3.05) is 24.5 Å². The molecular formula is C26H26FN5OS. The van der Waals surface area contributed by atoms with Crippen molar-refractivity contribution in [1.29, 1.82) is 0 Å². The molecule has 34 heavy (non-hydrogen) atoms. The Morgan fingerprint density at radius 2 is 1.85 bits per heavy atom. The van der Waals surface area contributed by atoms with Gasteiger partial charge in [-0.05, 0) is 63.2 Å². The number of rotatable bonds is 6. The van der Waals surface area contributed by atoms with Crippen molar-refractivity contribution in [3.8, 4) is 21.8 Å². The van der Waals surface area contributed by atoms with Crippen molar-refractivity contribution in [3.63, 3.8) is 0 Å². The van der Waals surface area contributed by atoms with E-state index in [9.17, 15) is 9.50 Å². The molecule has 1 aliphatic rings. The monoisotopic (exact) mass is 475 g/mol.